The number of nitrogens with one attached hydrogen (secondary N) is 1. The Labute approximate surface area is 156 Å². The maximum Gasteiger partial charge on any atom is 0.416 e. The van der Waals surface area contributed by atoms with Crippen LogP contribution in [0.3, 0.4) is 0 Å². The van der Waals surface area contributed by atoms with Crippen molar-refractivity contribution in [1.82, 2.24) is 4.98 Å². The molecule has 1 atom stereocenters. The second-order valence-electron chi connectivity index (χ2n) is 6.43. The molecule has 146 valence electrons. The molecule has 1 N–H and O–H groups in total. The number of aromatic nitrogens is 1. The van der Waals surface area contributed by atoms with E-state index in [1.807, 2.05) is 24.0 Å². The SMILES string of the molecule is COc1ccc(CNc2cc(C(F)(F)F)cc(N3CCOC(C)C3)n2)cc1. The molecule has 0 bridgehead atoms. The zero-order chi connectivity index (χ0) is 19.4. The highest BCUT2D eigenvalue weighted by atomic mass is 19.4. The Morgan fingerprint density at radius 1 is 1.26 bits per heavy atom. The Hall–Kier alpha value is -2.48. The third-order valence-electron chi connectivity index (χ3n) is 4.34. The summed E-state index contributed by atoms with van der Waals surface area (Å²) in [5.74, 6) is 1.21. The number of alkyl halides is 3. The molecule has 0 amide bonds. The minimum absolute atomic E-state index is 0.0502. The standard InChI is InChI=1S/C19H22F3N3O2/c1-13-12-25(7-8-27-13)18-10-15(19(20,21)22)9-17(24-18)23-11-14-3-5-16(26-2)6-4-14/h3-6,9-10,13H,7-8,11-12H2,1-2H3,(H,23,24). The summed E-state index contributed by atoms with van der Waals surface area (Å²) in [7, 11) is 1.58. The maximum atomic E-state index is 13.3. The molecule has 1 unspecified atom stereocenters. The van der Waals surface area contributed by atoms with E-state index in [9.17, 15) is 13.2 Å². The van der Waals surface area contributed by atoms with Gasteiger partial charge >= 0.3 is 6.18 Å². The number of rotatable bonds is 5. The van der Waals surface area contributed by atoms with E-state index in [1.54, 1.807) is 19.2 Å². The molecule has 1 saturated heterocycles. The number of hydrogen-bond donors (Lipinski definition) is 1. The van der Waals surface area contributed by atoms with Crippen LogP contribution in [0.4, 0.5) is 24.8 Å². The number of ether oxygens (including phenoxy) is 2. The summed E-state index contributed by atoms with van der Waals surface area (Å²) >= 11 is 0. The zero-order valence-electron chi connectivity index (χ0n) is 15.2. The smallest absolute Gasteiger partial charge is 0.416 e. The summed E-state index contributed by atoms with van der Waals surface area (Å²) < 4.78 is 50.5. The maximum absolute atomic E-state index is 13.3. The van der Waals surface area contributed by atoms with Crippen LogP contribution in [0.15, 0.2) is 36.4 Å². The Balaban J connectivity index is 1.81. The van der Waals surface area contributed by atoms with Crippen LogP contribution in [-0.4, -0.2) is 37.9 Å². The molecule has 1 fully saturated rings. The molecule has 27 heavy (non-hydrogen) atoms. The lowest BCUT2D eigenvalue weighted by atomic mass is 10.2. The quantitative estimate of drug-likeness (QED) is 0.850. The van der Waals surface area contributed by atoms with Crippen molar-refractivity contribution < 1.29 is 22.6 Å². The lowest BCUT2D eigenvalue weighted by Gasteiger charge is -2.32. The monoisotopic (exact) mass is 381 g/mol. The third kappa shape index (κ3) is 5.03. The molecule has 0 radical (unpaired) electrons. The normalized spacial score (nSPS) is 17.7. The summed E-state index contributed by atoms with van der Waals surface area (Å²) in [5, 5.41) is 2.99. The van der Waals surface area contributed by atoms with Crippen LogP contribution < -0.4 is 15.0 Å². The average molecular weight is 381 g/mol. The van der Waals surface area contributed by atoms with Gasteiger partial charge in [-0.2, -0.15) is 13.2 Å². The highest BCUT2D eigenvalue weighted by Crippen LogP contribution is 2.33. The van der Waals surface area contributed by atoms with Crippen molar-refractivity contribution in [3.8, 4) is 5.75 Å². The largest absolute Gasteiger partial charge is 0.497 e. The molecular weight excluding hydrogens is 359 g/mol. The average Bonchev–Trinajstić information content (AvgIpc) is 2.66. The van der Waals surface area contributed by atoms with Crippen LogP contribution in [0.2, 0.25) is 0 Å². The van der Waals surface area contributed by atoms with Gasteiger partial charge in [0, 0.05) is 19.6 Å². The predicted octanol–water partition coefficient (Wildman–Crippen LogP) is 3.95. The number of methoxy groups -OCH3 is 1. The summed E-state index contributed by atoms with van der Waals surface area (Å²) in [6, 6.07) is 9.44. The van der Waals surface area contributed by atoms with Gasteiger partial charge in [0.15, 0.2) is 0 Å². The van der Waals surface area contributed by atoms with Gasteiger partial charge in [-0.05, 0) is 36.8 Å². The Kier molecular flexibility index (Phi) is 5.74. The van der Waals surface area contributed by atoms with Crippen LogP contribution >= 0.6 is 0 Å². The van der Waals surface area contributed by atoms with Gasteiger partial charge in [0.2, 0.25) is 0 Å². The molecule has 0 aliphatic carbocycles. The number of hydrogen-bond acceptors (Lipinski definition) is 5. The van der Waals surface area contributed by atoms with E-state index in [1.165, 1.54) is 0 Å². The summed E-state index contributed by atoms with van der Waals surface area (Å²) in [6.45, 7) is 3.73. The van der Waals surface area contributed by atoms with Crippen LogP contribution in [0.25, 0.3) is 0 Å². The first-order valence-corrected chi connectivity index (χ1v) is 8.68. The van der Waals surface area contributed by atoms with Crippen LogP contribution in [-0.2, 0) is 17.5 Å². The van der Waals surface area contributed by atoms with Crippen molar-refractivity contribution in [1.29, 1.82) is 0 Å². The number of pyridine rings is 1. The molecule has 0 saturated carbocycles. The van der Waals surface area contributed by atoms with Crippen LogP contribution in [0.5, 0.6) is 5.75 Å². The molecule has 1 aliphatic heterocycles. The molecule has 1 aliphatic rings. The van der Waals surface area contributed by atoms with Crippen molar-refractivity contribution in [3.05, 3.63) is 47.5 Å². The summed E-state index contributed by atoms with van der Waals surface area (Å²) in [6.07, 6.45) is -4.49. The van der Waals surface area contributed by atoms with E-state index in [0.717, 1.165) is 23.4 Å². The number of anilines is 2. The van der Waals surface area contributed by atoms with E-state index in [-0.39, 0.29) is 11.9 Å². The minimum Gasteiger partial charge on any atom is -0.497 e. The first-order chi connectivity index (χ1) is 12.8. The van der Waals surface area contributed by atoms with E-state index >= 15 is 0 Å². The van der Waals surface area contributed by atoms with Gasteiger partial charge in [0.1, 0.15) is 17.4 Å². The topological polar surface area (TPSA) is 46.6 Å². The lowest BCUT2D eigenvalue weighted by molar-refractivity contribution is -0.137. The van der Waals surface area contributed by atoms with Crippen LogP contribution in [0.1, 0.15) is 18.1 Å². The van der Waals surface area contributed by atoms with Gasteiger partial charge in [-0.3, -0.25) is 0 Å². The molecule has 1 aromatic heterocycles. The molecule has 2 aromatic rings. The number of nitrogens with zero attached hydrogens (tertiary/aromatic N) is 2. The second kappa shape index (κ2) is 8.04. The molecule has 8 heteroatoms. The van der Waals surface area contributed by atoms with Gasteiger partial charge in [0.25, 0.3) is 0 Å². The van der Waals surface area contributed by atoms with Gasteiger partial charge in [0.05, 0.1) is 25.4 Å². The third-order valence-corrected chi connectivity index (χ3v) is 4.34. The van der Waals surface area contributed by atoms with Crippen molar-refractivity contribution in [2.75, 3.05) is 37.0 Å². The lowest BCUT2D eigenvalue weighted by Crippen LogP contribution is -2.41. The summed E-state index contributed by atoms with van der Waals surface area (Å²) in [5.41, 5.74) is 0.195. The van der Waals surface area contributed by atoms with E-state index in [0.29, 0.717) is 32.1 Å². The number of morpholine rings is 1. The fraction of sp³-hybridized carbons (Fsp3) is 0.421. The first kappa shape index (κ1) is 19.3. The van der Waals surface area contributed by atoms with Gasteiger partial charge in [-0.1, -0.05) is 12.1 Å². The van der Waals surface area contributed by atoms with E-state index in [2.05, 4.69) is 10.3 Å². The Morgan fingerprint density at radius 2 is 2.00 bits per heavy atom. The summed E-state index contributed by atoms with van der Waals surface area (Å²) in [4.78, 5) is 6.21. The van der Waals surface area contributed by atoms with Crippen molar-refractivity contribution in [2.45, 2.75) is 25.7 Å². The minimum atomic E-state index is -4.44. The zero-order valence-corrected chi connectivity index (χ0v) is 15.2. The Bertz CT molecular complexity index is 766. The molecule has 3 rings (SSSR count). The molecular formula is C19H22F3N3O2. The fourth-order valence-electron chi connectivity index (χ4n) is 2.89. The highest BCUT2D eigenvalue weighted by molar-refractivity contribution is 5.52. The van der Waals surface area contributed by atoms with Gasteiger partial charge in [-0.15, -0.1) is 0 Å². The number of benzene rings is 1. The second-order valence-corrected chi connectivity index (χ2v) is 6.43. The molecule has 5 nitrogen and oxygen atoms in total. The molecule has 2 heterocycles. The predicted molar refractivity (Wildman–Crippen MR) is 97.2 cm³/mol. The van der Waals surface area contributed by atoms with Crippen LogP contribution in [0, 0.1) is 0 Å². The highest BCUT2D eigenvalue weighted by Gasteiger charge is 2.32. The van der Waals surface area contributed by atoms with Crippen molar-refractivity contribution in [2.24, 2.45) is 0 Å². The fourth-order valence-corrected chi connectivity index (χ4v) is 2.89. The molecule has 0 spiro atoms. The van der Waals surface area contributed by atoms with E-state index in [4.69, 9.17) is 9.47 Å². The Morgan fingerprint density at radius 3 is 2.63 bits per heavy atom. The van der Waals surface area contributed by atoms with Gasteiger partial charge < -0.3 is 19.7 Å². The van der Waals surface area contributed by atoms with E-state index < -0.39 is 11.7 Å². The van der Waals surface area contributed by atoms with Gasteiger partial charge in [-0.25, -0.2) is 4.98 Å². The van der Waals surface area contributed by atoms with Crippen molar-refractivity contribution >= 4 is 11.6 Å². The van der Waals surface area contributed by atoms with Crippen molar-refractivity contribution in [3.63, 3.8) is 0 Å². The number of halogens is 3. The molecule has 1 aromatic carbocycles. The first-order valence-electron chi connectivity index (χ1n) is 8.68.